The molecule has 0 spiro atoms. The van der Waals surface area contributed by atoms with Crippen molar-refractivity contribution in [3.05, 3.63) is 0 Å². The number of ether oxygens (including phenoxy) is 1. The molecule has 5 heteroatoms. The first kappa shape index (κ1) is 23.2. The van der Waals surface area contributed by atoms with Crippen molar-refractivity contribution in [2.24, 2.45) is 0 Å². The Bertz CT molecular complexity index is 283. The minimum atomic E-state index is -1.21. The van der Waals surface area contributed by atoms with Crippen molar-refractivity contribution in [2.45, 2.75) is 109 Å². The highest BCUT2D eigenvalue weighted by Gasteiger charge is 2.15. The van der Waals surface area contributed by atoms with E-state index in [1.54, 1.807) is 0 Å². The number of hydrogen-bond acceptors (Lipinski definition) is 4. The molecular formula is C19H38O5. The van der Waals surface area contributed by atoms with Crippen molar-refractivity contribution in [1.82, 2.24) is 0 Å². The molecule has 0 saturated heterocycles. The predicted octanol–water partition coefficient (Wildman–Crippen LogP) is 4.88. The first-order valence-electron chi connectivity index (χ1n) is 9.79. The SMILES string of the molecule is CCCCCCCCC(O)C(O)CCCCCCCCOC(=O)O. The molecule has 0 aliphatic carbocycles. The quantitative estimate of drug-likeness (QED) is 0.258. The van der Waals surface area contributed by atoms with E-state index in [-0.39, 0.29) is 6.61 Å². The highest BCUT2D eigenvalue weighted by atomic mass is 16.7. The zero-order chi connectivity index (χ0) is 18.0. The van der Waals surface area contributed by atoms with Gasteiger partial charge in [0.15, 0.2) is 0 Å². The lowest BCUT2D eigenvalue weighted by atomic mass is 9.99. The smallest absolute Gasteiger partial charge is 0.450 e. The number of carboxylic acid groups (broad SMARTS) is 1. The summed E-state index contributed by atoms with van der Waals surface area (Å²) in [7, 11) is 0. The number of rotatable bonds is 17. The molecular weight excluding hydrogens is 308 g/mol. The molecule has 0 aromatic rings. The fourth-order valence-corrected chi connectivity index (χ4v) is 2.84. The molecule has 0 aliphatic heterocycles. The molecule has 0 radical (unpaired) electrons. The lowest BCUT2D eigenvalue weighted by molar-refractivity contribution is 0.00711. The van der Waals surface area contributed by atoms with Crippen LogP contribution in [0.2, 0.25) is 0 Å². The summed E-state index contributed by atoms with van der Waals surface area (Å²) in [6.45, 7) is 2.48. The van der Waals surface area contributed by atoms with Crippen molar-refractivity contribution in [2.75, 3.05) is 6.61 Å². The molecule has 0 aromatic carbocycles. The maximum Gasteiger partial charge on any atom is 0.505 e. The third kappa shape index (κ3) is 16.1. The van der Waals surface area contributed by atoms with Crippen molar-refractivity contribution >= 4 is 6.16 Å². The van der Waals surface area contributed by atoms with Crippen LogP contribution >= 0.6 is 0 Å². The second-order valence-corrected chi connectivity index (χ2v) is 6.72. The van der Waals surface area contributed by atoms with Gasteiger partial charge in [-0.15, -0.1) is 0 Å². The summed E-state index contributed by atoms with van der Waals surface area (Å²) in [5.74, 6) is 0. The number of carbonyl (C=O) groups is 1. The normalized spacial score (nSPS) is 13.6. The molecule has 3 N–H and O–H groups in total. The first-order valence-corrected chi connectivity index (χ1v) is 9.79. The fraction of sp³-hybridized carbons (Fsp3) is 0.947. The molecule has 0 rings (SSSR count). The zero-order valence-electron chi connectivity index (χ0n) is 15.4. The minimum Gasteiger partial charge on any atom is -0.450 e. The molecule has 0 fully saturated rings. The summed E-state index contributed by atoms with van der Waals surface area (Å²) in [6.07, 6.45) is 12.0. The summed E-state index contributed by atoms with van der Waals surface area (Å²) in [4.78, 5) is 10.2. The highest BCUT2D eigenvalue weighted by molar-refractivity contribution is 5.56. The van der Waals surface area contributed by atoms with Crippen molar-refractivity contribution in [3.8, 4) is 0 Å². The van der Waals surface area contributed by atoms with E-state index >= 15 is 0 Å². The van der Waals surface area contributed by atoms with Crippen LogP contribution in [0.1, 0.15) is 96.8 Å². The Labute approximate surface area is 147 Å². The average molecular weight is 347 g/mol. The van der Waals surface area contributed by atoms with Crippen LogP contribution in [-0.2, 0) is 4.74 Å². The lowest BCUT2D eigenvalue weighted by Gasteiger charge is -2.17. The minimum absolute atomic E-state index is 0.276. The second kappa shape index (κ2) is 17.0. The number of aliphatic hydroxyl groups is 2. The molecule has 0 saturated carbocycles. The van der Waals surface area contributed by atoms with Crippen molar-refractivity contribution < 1.29 is 24.9 Å². The molecule has 5 nitrogen and oxygen atoms in total. The van der Waals surface area contributed by atoms with Gasteiger partial charge in [0.1, 0.15) is 0 Å². The van der Waals surface area contributed by atoms with E-state index in [4.69, 9.17) is 5.11 Å². The molecule has 2 atom stereocenters. The van der Waals surface area contributed by atoms with Crippen molar-refractivity contribution in [3.63, 3.8) is 0 Å². The summed E-state index contributed by atoms with van der Waals surface area (Å²) >= 11 is 0. The Kier molecular flexibility index (Phi) is 16.5. The molecule has 24 heavy (non-hydrogen) atoms. The maximum atomic E-state index is 10.2. The van der Waals surface area contributed by atoms with Crippen LogP contribution in [-0.4, -0.2) is 40.3 Å². The molecule has 0 amide bonds. The van der Waals surface area contributed by atoms with Crippen LogP contribution in [0, 0.1) is 0 Å². The average Bonchev–Trinajstić information content (AvgIpc) is 2.55. The third-order valence-corrected chi connectivity index (χ3v) is 4.42. The van der Waals surface area contributed by atoms with Gasteiger partial charge in [-0.3, -0.25) is 0 Å². The van der Waals surface area contributed by atoms with Gasteiger partial charge in [-0.05, 0) is 19.3 Å². The predicted molar refractivity (Wildman–Crippen MR) is 96.3 cm³/mol. The molecule has 2 unspecified atom stereocenters. The fourth-order valence-electron chi connectivity index (χ4n) is 2.84. The van der Waals surface area contributed by atoms with E-state index in [0.717, 1.165) is 51.4 Å². The highest BCUT2D eigenvalue weighted by Crippen LogP contribution is 2.15. The van der Waals surface area contributed by atoms with Gasteiger partial charge in [-0.1, -0.05) is 77.6 Å². The Morgan fingerprint density at radius 1 is 0.750 bits per heavy atom. The van der Waals surface area contributed by atoms with E-state index in [1.807, 2.05) is 0 Å². The Hall–Kier alpha value is -0.810. The summed E-state index contributed by atoms with van der Waals surface area (Å²) in [6, 6.07) is 0. The van der Waals surface area contributed by atoms with Gasteiger partial charge < -0.3 is 20.1 Å². The number of hydrogen-bond donors (Lipinski definition) is 3. The second-order valence-electron chi connectivity index (χ2n) is 6.72. The van der Waals surface area contributed by atoms with E-state index in [1.165, 1.54) is 25.7 Å². The summed E-state index contributed by atoms with van der Waals surface area (Å²) < 4.78 is 4.44. The zero-order valence-corrected chi connectivity index (χ0v) is 15.4. The van der Waals surface area contributed by atoms with Crippen molar-refractivity contribution in [1.29, 1.82) is 0 Å². The number of aliphatic hydroxyl groups excluding tert-OH is 2. The van der Waals surface area contributed by atoms with E-state index in [9.17, 15) is 15.0 Å². The van der Waals surface area contributed by atoms with Gasteiger partial charge in [0.2, 0.25) is 0 Å². The number of unbranched alkanes of at least 4 members (excludes halogenated alkanes) is 10. The molecule has 144 valence electrons. The molecule has 0 heterocycles. The van der Waals surface area contributed by atoms with Gasteiger partial charge in [-0.2, -0.15) is 0 Å². The molecule has 0 aliphatic rings. The Morgan fingerprint density at radius 3 is 1.62 bits per heavy atom. The van der Waals surface area contributed by atoms with Crippen LogP contribution in [0.15, 0.2) is 0 Å². The van der Waals surface area contributed by atoms with E-state index in [2.05, 4.69) is 11.7 Å². The monoisotopic (exact) mass is 346 g/mol. The van der Waals surface area contributed by atoms with Gasteiger partial charge >= 0.3 is 6.16 Å². The summed E-state index contributed by atoms with van der Waals surface area (Å²) in [5.41, 5.74) is 0. The van der Waals surface area contributed by atoms with Crippen LogP contribution < -0.4 is 0 Å². The van der Waals surface area contributed by atoms with Gasteiger partial charge in [-0.25, -0.2) is 4.79 Å². The maximum absolute atomic E-state index is 10.2. The Morgan fingerprint density at radius 2 is 1.17 bits per heavy atom. The summed E-state index contributed by atoms with van der Waals surface area (Å²) in [5, 5.41) is 28.2. The standard InChI is InChI=1S/C19H38O5/c1-2-3-4-5-8-11-14-17(20)18(21)15-12-9-6-7-10-13-16-24-19(22)23/h17-18,20-21H,2-16H2,1H3,(H,22,23). The first-order chi connectivity index (χ1) is 11.6. The van der Waals surface area contributed by atoms with Crippen LogP contribution in [0.5, 0.6) is 0 Å². The van der Waals surface area contributed by atoms with Gasteiger partial charge in [0, 0.05) is 0 Å². The van der Waals surface area contributed by atoms with Crippen LogP contribution in [0.3, 0.4) is 0 Å². The third-order valence-electron chi connectivity index (χ3n) is 4.42. The van der Waals surface area contributed by atoms with Gasteiger partial charge in [0.05, 0.1) is 18.8 Å². The van der Waals surface area contributed by atoms with Crippen LogP contribution in [0.25, 0.3) is 0 Å². The van der Waals surface area contributed by atoms with Gasteiger partial charge in [0.25, 0.3) is 0 Å². The largest absolute Gasteiger partial charge is 0.505 e. The molecule has 0 bridgehead atoms. The van der Waals surface area contributed by atoms with E-state index < -0.39 is 18.4 Å². The van der Waals surface area contributed by atoms with Crippen LogP contribution in [0.4, 0.5) is 4.79 Å². The lowest BCUT2D eigenvalue weighted by Crippen LogP contribution is -2.25. The van der Waals surface area contributed by atoms with E-state index in [0.29, 0.717) is 12.8 Å². The topological polar surface area (TPSA) is 87.0 Å². The Balaban J connectivity index is 3.35. The molecule has 0 aromatic heterocycles.